The first kappa shape index (κ1) is 37.4. The van der Waals surface area contributed by atoms with E-state index in [0.717, 1.165) is 92.7 Å². The van der Waals surface area contributed by atoms with Gasteiger partial charge in [0.2, 0.25) is 0 Å². The molecule has 0 radical (unpaired) electrons. The number of hydrogen-bond acceptors (Lipinski definition) is 8. The average molecular weight is 731 g/mol. The van der Waals surface area contributed by atoms with E-state index in [1.807, 2.05) is 24.3 Å². The quantitative estimate of drug-likeness (QED) is 0.0687. The van der Waals surface area contributed by atoms with Crippen LogP contribution in [0.15, 0.2) is 97.1 Å². The Morgan fingerprint density at radius 2 is 0.692 bits per heavy atom. The highest BCUT2D eigenvalue weighted by atomic mass is 32.1. The molecule has 0 amide bonds. The van der Waals surface area contributed by atoms with Gasteiger partial charge in [-0.1, -0.05) is 124 Å². The Morgan fingerprint density at radius 3 is 1.02 bits per heavy atom. The predicted octanol–water partition coefficient (Wildman–Crippen LogP) is 12.5. The second-order valence-electron chi connectivity index (χ2n) is 13.3. The van der Waals surface area contributed by atoms with E-state index in [2.05, 4.69) is 107 Å². The van der Waals surface area contributed by atoms with Gasteiger partial charge in [-0.25, -0.2) is 0 Å². The zero-order chi connectivity index (χ0) is 35.8. The van der Waals surface area contributed by atoms with Gasteiger partial charge in [-0.15, -0.1) is 20.4 Å². The number of nitrogens with zero attached hydrogens (tertiary/aromatic N) is 4. The fraction of sp³-hybridized carbons (Fsp3) is 0.364. The molecule has 0 aliphatic carbocycles. The number of hydrogen-bond donors (Lipinski definition) is 0. The molecular formula is C44H50N4O2S2. The number of benzene rings is 4. The van der Waals surface area contributed by atoms with Gasteiger partial charge in [-0.05, 0) is 98.2 Å². The van der Waals surface area contributed by atoms with E-state index < -0.39 is 0 Å². The predicted molar refractivity (Wildman–Crippen MR) is 217 cm³/mol. The highest BCUT2D eigenvalue weighted by Crippen LogP contribution is 2.32. The molecule has 0 bridgehead atoms. The van der Waals surface area contributed by atoms with Crippen LogP contribution in [-0.2, 0) is 12.8 Å². The van der Waals surface area contributed by atoms with Crippen molar-refractivity contribution in [1.29, 1.82) is 0 Å². The average Bonchev–Trinajstić information content (AvgIpc) is 3.90. The molecule has 0 spiro atoms. The fourth-order valence-corrected chi connectivity index (χ4v) is 7.69. The van der Waals surface area contributed by atoms with Crippen LogP contribution < -0.4 is 9.47 Å². The first-order chi connectivity index (χ1) is 25.7. The lowest BCUT2D eigenvalue weighted by atomic mass is 10.1. The van der Waals surface area contributed by atoms with Crippen molar-refractivity contribution in [2.24, 2.45) is 0 Å². The van der Waals surface area contributed by atoms with Crippen molar-refractivity contribution in [3.05, 3.63) is 108 Å². The van der Waals surface area contributed by atoms with Gasteiger partial charge in [-0.2, -0.15) is 0 Å². The smallest absolute Gasteiger partial charge is 0.148 e. The SMILES string of the molecule is CCCCc1ccc(-c2nnc(-c3ccc(OCCCCCCCCOc4ccc(-c5nnc(-c6ccc(CCCC)cc6)s5)cc4)cc3)s2)cc1. The van der Waals surface area contributed by atoms with Gasteiger partial charge in [0.25, 0.3) is 0 Å². The van der Waals surface area contributed by atoms with Gasteiger partial charge < -0.3 is 9.47 Å². The molecule has 52 heavy (non-hydrogen) atoms. The van der Waals surface area contributed by atoms with Crippen molar-refractivity contribution >= 4 is 22.7 Å². The van der Waals surface area contributed by atoms with Crippen LogP contribution in [0.25, 0.3) is 42.3 Å². The summed E-state index contributed by atoms with van der Waals surface area (Å²) in [5.74, 6) is 1.80. The van der Waals surface area contributed by atoms with Gasteiger partial charge >= 0.3 is 0 Å². The number of rotatable bonds is 21. The minimum Gasteiger partial charge on any atom is -0.494 e. The third-order valence-electron chi connectivity index (χ3n) is 9.17. The normalized spacial score (nSPS) is 11.2. The Kier molecular flexibility index (Phi) is 14.4. The lowest BCUT2D eigenvalue weighted by Crippen LogP contribution is -1.98. The molecule has 2 aromatic heterocycles. The molecule has 4 aromatic carbocycles. The number of ether oxygens (including phenoxy) is 2. The van der Waals surface area contributed by atoms with Crippen LogP contribution in [0.5, 0.6) is 11.5 Å². The van der Waals surface area contributed by atoms with E-state index in [1.54, 1.807) is 22.7 Å². The summed E-state index contributed by atoms with van der Waals surface area (Å²) in [6.45, 7) is 5.93. The molecule has 0 unspecified atom stereocenters. The molecule has 6 nitrogen and oxygen atoms in total. The lowest BCUT2D eigenvalue weighted by Gasteiger charge is -2.08. The molecule has 0 saturated heterocycles. The van der Waals surface area contributed by atoms with Crippen molar-refractivity contribution in [1.82, 2.24) is 20.4 Å². The maximum absolute atomic E-state index is 6.02. The molecule has 0 aliphatic rings. The van der Waals surface area contributed by atoms with Crippen LogP contribution in [0.1, 0.15) is 89.2 Å². The summed E-state index contributed by atoms with van der Waals surface area (Å²) in [5.41, 5.74) is 7.14. The minimum absolute atomic E-state index is 0.736. The van der Waals surface area contributed by atoms with Crippen LogP contribution in [0.2, 0.25) is 0 Å². The standard InChI is InChI=1S/C44H50N4O2S2/c1-3-5-13-33-15-19-35(20-16-33)41-45-47-43(51-41)37-23-27-39(28-24-37)49-31-11-9-7-8-10-12-32-50-40-29-25-38(26-30-40)44-48-46-42(52-44)36-21-17-34(18-22-36)14-6-4-2/h15-30H,3-14,31-32H2,1-2H3. The first-order valence-electron chi connectivity index (χ1n) is 19.0. The van der Waals surface area contributed by atoms with Crippen molar-refractivity contribution in [2.75, 3.05) is 13.2 Å². The Morgan fingerprint density at radius 1 is 0.385 bits per heavy atom. The van der Waals surface area contributed by atoms with Gasteiger partial charge in [0, 0.05) is 22.3 Å². The molecule has 0 fully saturated rings. The van der Waals surface area contributed by atoms with Gasteiger partial charge in [-0.3, -0.25) is 0 Å². The summed E-state index contributed by atoms with van der Waals surface area (Å²) in [6, 6.07) is 33.9. The zero-order valence-corrected chi connectivity index (χ0v) is 32.2. The number of unbranched alkanes of at least 4 members (excludes halogenated alkanes) is 7. The van der Waals surface area contributed by atoms with Gasteiger partial charge in [0.05, 0.1) is 13.2 Å². The number of aryl methyl sites for hydroxylation is 2. The van der Waals surface area contributed by atoms with Crippen LogP contribution >= 0.6 is 22.7 Å². The van der Waals surface area contributed by atoms with Crippen molar-refractivity contribution < 1.29 is 9.47 Å². The van der Waals surface area contributed by atoms with E-state index in [9.17, 15) is 0 Å². The largest absolute Gasteiger partial charge is 0.494 e. The highest BCUT2D eigenvalue weighted by molar-refractivity contribution is 7.18. The highest BCUT2D eigenvalue weighted by Gasteiger charge is 2.11. The van der Waals surface area contributed by atoms with E-state index in [1.165, 1.54) is 62.5 Å². The molecule has 6 aromatic rings. The van der Waals surface area contributed by atoms with E-state index >= 15 is 0 Å². The topological polar surface area (TPSA) is 70.0 Å². The summed E-state index contributed by atoms with van der Waals surface area (Å²) in [5, 5.41) is 21.6. The lowest BCUT2D eigenvalue weighted by molar-refractivity contribution is 0.297. The van der Waals surface area contributed by atoms with Crippen molar-refractivity contribution in [3.63, 3.8) is 0 Å². The number of aromatic nitrogens is 4. The van der Waals surface area contributed by atoms with Crippen LogP contribution in [-0.4, -0.2) is 33.6 Å². The minimum atomic E-state index is 0.736. The summed E-state index contributed by atoms with van der Waals surface area (Å²) < 4.78 is 12.0. The summed E-state index contributed by atoms with van der Waals surface area (Å²) in [7, 11) is 0. The Balaban J connectivity index is 0.819. The molecular weight excluding hydrogens is 681 g/mol. The Hall–Kier alpha value is -4.40. The summed E-state index contributed by atoms with van der Waals surface area (Å²) in [6.07, 6.45) is 14.0. The third-order valence-corrected chi connectivity index (χ3v) is 11.2. The molecule has 0 N–H and O–H groups in total. The molecule has 6 rings (SSSR count). The molecule has 0 atom stereocenters. The zero-order valence-electron chi connectivity index (χ0n) is 30.6. The monoisotopic (exact) mass is 730 g/mol. The maximum Gasteiger partial charge on any atom is 0.148 e. The van der Waals surface area contributed by atoms with E-state index in [0.29, 0.717) is 0 Å². The first-order valence-corrected chi connectivity index (χ1v) is 20.6. The Bertz CT molecular complexity index is 1760. The van der Waals surface area contributed by atoms with Crippen LogP contribution in [0.3, 0.4) is 0 Å². The molecule has 2 heterocycles. The van der Waals surface area contributed by atoms with Crippen molar-refractivity contribution in [3.8, 4) is 53.8 Å². The second kappa shape index (κ2) is 20.0. The second-order valence-corrected chi connectivity index (χ2v) is 15.2. The van der Waals surface area contributed by atoms with Crippen molar-refractivity contribution in [2.45, 2.75) is 90.9 Å². The maximum atomic E-state index is 6.02. The van der Waals surface area contributed by atoms with E-state index in [-0.39, 0.29) is 0 Å². The van der Waals surface area contributed by atoms with Crippen LogP contribution in [0.4, 0.5) is 0 Å². The summed E-state index contributed by atoms with van der Waals surface area (Å²) in [4.78, 5) is 0. The molecule has 270 valence electrons. The fourth-order valence-electron chi connectivity index (χ4n) is 5.98. The van der Waals surface area contributed by atoms with Gasteiger partial charge in [0.1, 0.15) is 31.5 Å². The summed E-state index contributed by atoms with van der Waals surface area (Å²) >= 11 is 3.26. The Labute approximate surface area is 317 Å². The van der Waals surface area contributed by atoms with Crippen LogP contribution in [0, 0.1) is 0 Å². The molecule has 0 saturated carbocycles. The van der Waals surface area contributed by atoms with Gasteiger partial charge in [0.15, 0.2) is 0 Å². The van der Waals surface area contributed by atoms with E-state index in [4.69, 9.17) is 9.47 Å². The molecule has 8 heteroatoms. The third kappa shape index (κ3) is 11.1. The molecule has 0 aliphatic heterocycles.